The molecule has 1 N–H and O–H groups in total. The summed E-state index contributed by atoms with van der Waals surface area (Å²) in [6.45, 7) is 1.17. The maximum Gasteiger partial charge on any atom is 0.509 e. The van der Waals surface area contributed by atoms with Crippen molar-refractivity contribution in [3.63, 3.8) is 0 Å². The average Bonchev–Trinajstić information content (AvgIpc) is 3.52. The first kappa shape index (κ1) is 32.7. The van der Waals surface area contributed by atoms with Gasteiger partial charge in [-0.2, -0.15) is 10.4 Å². The number of aliphatic hydroxyl groups is 1. The second kappa shape index (κ2) is 15.5. The Balaban J connectivity index is 1.47. The van der Waals surface area contributed by atoms with Crippen molar-refractivity contribution in [3.8, 4) is 6.07 Å². The van der Waals surface area contributed by atoms with Crippen molar-refractivity contribution in [1.29, 1.82) is 5.26 Å². The predicted octanol–water partition coefficient (Wildman–Crippen LogP) is 4.74. The molecule has 1 aromatic heterocycles. The third kappa shape index (κ3) is 8.48. The summed E-state index contributed by atoms with van der Waals surface area (Å²) < 4.78 is 67.0. The van der Waals surface area contributed by atoms with Crippen LogP contribution in [0.2, 0.25) is 0 Å². The third-order valence-corrected chi connectivity index (χ3v) is 8.00. The highest BCUT2D eigenvalue weighted by atomic mass is 32.2. The molecule has 1 aliphatic heterocycles. The molecule has 0 saturated carbocycles. The van der Waals surface area contributed by atoms with Gasteiger partial charge in [-0.1, -0.05) is 24.3 Å². The second-order valence-corrected chi connectivity index (χ2v) is 11.2. The van der Waals surface area contributed by atoms with Crippen LogP contribution in [-0.4, -0.2) is 69.2 Å². The van der Waals surface area contributed by atoms with Crippen LogP contribution < -0.4 is 0 Å². The number of thioether (sulfide) groups is 1. The van der Waals surface area contributed by atoms with E-state index in [0.717, 1.165) is 12.1 Å². The van der Waals surface area contributed by atoms with Gasteiger partial charge in [0.05, 0.1) is 43.2 Å². The maximum absolute atomic E-state index is 15.3. The van der Waals surface area contributed by atoms with E-state index in [9.17, 15) is 13.6 Å². The highest BCUT2D eigenvalue weighted by molar-refractivity contribution is 8.00. The van der Waals surface area contributed by atoms with Gasteiger partial charge in [0, 0.05) is 22.4 Å². The Labute approximate surface area is 255 Å². The molecule has 3 aromatic rings. The molecule has 14 heteroatoms. The first-order chi connectivity index (χ1) is 21.2. The van der Waals surface area contributed by atoms with Gasteiger partial charge in [-0.3, -0.25) is 0 Å². The van der Waals surface area contributed by atoms with Gasteiger partial charge in [0.2, 0.25) is 0 Å². The van der Waals surface area contributed by atoms with Gasteiger partial charge >= 0.3 is 6.16 Å². The highest BCUT2D eigenvalue weighted by Crippen LogP contribution is 2.42. The van der Waals surface area contributed by atoms with Gasteiger partial charge in [0.15, 0.2) is 11.9 Å². The van der Waals surface area contributed by atoms with Gasteiger partial charge in [0.25, 0.3) is 0 Å². The van der Waals surface area contributed by atoms with Crippen LogP contribution in [0.5, 0.6) is 0 Å². The van der Waals surface area contributed by atoms with E-state index in [-0.39, 0.29) is 42.7 Å². The normalized spacial score (nSPS) is 19.0. The number of nitriles is 1. The first-order valence-electron chi connectivity index (χ1n) is 13.4. The van der Waals surface area contributed by atoms with Crippen LogP contribution in [0.3, 0.4) is 0 Å². The number of aliphatic hydroxyl groups excluding tert-OH is 1. The van der Waals surface area contributed by atoms with Crippen LogP contribution in [0.15, 0.2) is 67.3 Å². The topological polar surface area (TPSA) is 129 Å². The van der Waals surface area contributed by atoms with E-state index in [1.54, 1.807) is 31.2 Å². The summed E-state index contributed by atoms with van der Waals surface area (Å²) >= 11 is 1.30. The van der Waals surface area contributed by atoms with Crippen LogP contribution in [0, 0.1) is 28.8 Å². The Morgan fingerprint density at radius 1 is 1.23 bits per heavy atom. The van der Waals surface area contributed by atoms with Crippen molar-refractivity contribution in [1.82, 2.24) is 14.8 Å². The van der Waals surface area contributed by atoms with Crippen LogP contribution in [-0.2, 0) is 31.1 Å². The smallest absolute Gasteiger partial charge is 0.432 e. The summed E-state index contributed by atoms with van der Waals surface area (Å²) in [5, 5.41) is 21.1. The van der Waals surface area contributed by atoms with Gasteiger partial charge in [-0.05, 0) is 37.3 Å². The molecule has 232 valence electrons. The Morgan fingerprint density at radius 3 is 2.68 bits per heavy atom. The first-order valence-corrected chi connectivity index (χ1v) is 14.4. The van der Waals surface area contributed by atoms with Crippen LogP contribution in [0.1, 0.15) is 23.6 Å². The molecule has 2 atom stereocenters. The zero-order valence-corrected chi connectivity index (χ0v) is 24.3. The largest absolute Gasteiger partial charge is 0.509 e. The summed E-state index contributed by atoms with van der Waals surface area (Å²) in [7, 11) is 0. The molecule has 0 aliphatic carbocycles. The molecule has 1 fully saturated rings. The van der Waals surface area contributed by atoms with E-state index in [2.05, 4.69) is 10.1 Å². The molecular weight excluding hydrogens is 601 g/mol. The Kier molecular flexibility index (Phi) is 11.6. The van der Waals surface area contributed by atoms with Crippen molar-refractivity contribution in [2.24, 2.45) is 0 Å². The van der Waals surface area contributed by atoms with E-state index in [1.165, 1.54) is 47.3 Å². The zero-order chi connectivity index (χ0) is 31.5. The van der Waals surface area contributed by atoms with Gasteiger partial charge < -0.3 is 24.1 Å². The number of hydrogen-bond acceptors (Lipinski definition) is 10. The van der Waals surface area contributed by atoms with E-state index in [1.807, 2.05) is 6.07 Å². The molecule has 0 amide bonds. The lowest BCUT2D eigenvalue weighted by molar-refractivity contribution is -0.146. The number of ether oxygens (including phenoxy) is 4. The molecule has 0 radical (unpaired) electrons. The average molecular weight is 631 g/mol. The minimum atomic E-state index is -1.76. The van der Waals surface area contributed by atoms with Crippen LogP contribution in [0.25, 0.3) is 6.08 Å². The summed E-state index contributed by atoms with van der Waals surface area (Å²) in [4.78, 5) is 16.6. The lowest BCUT2D eigenvalue weighted by Crippen LogP contribution is -2.47. The lowest BCUT2D eigenvalue weighted by atomic mass is 9.89. The quantitative estimate of drug-likeness (QED) is 0.221. The fourth-order valence-corrected chi connectivity index (χ4v) is 5.79. The maximum atomic E-state index is 15.3. The Hall–Kier alpha value is -4.16. The summed E-state index contributed by atoms with van der Waals surface area (Å²) in [6, 6.07) is 9.01. The molecule has 0 unspecified atom stereocenters. The number of benzene rings is 2. The molecular formula is C30H29F3N4O6S. The molecule has 44 heavy (non-hydrogen) atoms. The zero-order valence-electron chi connectivity index (χ0n) is 23.5. The van der Waals surface area contributed by atoms with Crippen molar-refractivity contribution in [3.05, 3.63) is 101 Å². The van der Waals surface area contributed by atoms with Crippen molar-refractivity contribution >= 4 is 24.0 Å². The number of carbonyl (C=O) groups is 1. The fourth-order valence-electron chi connectivity index (χ4n) is 4.43. The minimum absolute atomic E-state index is 0.112. The van der Waals surface area contributed by atoms with Crippen molar-refractivity contribution in [2.45, 2.75) is 35.9 Å². The van der Waals surface area contributed by atoms with E-state index in [0.29, 0.717) is 11.6 Å². The minimum Gasteiger partial charge on any atom is -0.432 e. The molecule has 1 aliphatic rings. The molecule has 1 saturated heterocycles. The number of nitrogens with zero attached hydrogens (tertiary/aromatic N) is 4. The summed E-state index contributed by atoms with van der Waals surface area (Å²) in [5.74, 6) is -2.27. The molecule has 10 nitrogen and oxygen atoms in total. The fraction of sp³-hybridized carbons (Fsp3) is 0.333. The number of rotatable bonds is 12. The molecule has 0 bridgehead atoms. The highest BCUT2D eigenvalue weighted by Gasteiger charge is 2.47. The number of halogens is 3. The monoisotopic (exact) mass is 630 g/mol. The molecule has 0 spiro atoms. The van der Waals surface area contributed by atoms with Crippen LogP contribution >= 0.6 is 11.8 Å². The molecule has 4 rings (SSSR count). The van der Waals surface area contributed by atoms with E-state index < -0.39 is 47.4 Å². The van der Waals surface area contributed by atoms with Crippen molar-refractivity contribution in [2.75, 3.05) is 26.4 Å². The molecule has 2 aromatic carbocycles. The summed E-state index contributed by atoms with van der Waals surface area (Å²) in [6.07, 6.45) is 7.23. The van der Waals surface area contributed by atoms with Gasteiger partial charge in [-0.15, -0.1) is 11.8 Å². The molecule has 2 heterocycles. The van der Waals surface area contributed by atoms with Crippen LogP contribution in [0.4, 0.5) is 18.0 Å². The Bertz CT molecular complexity index is 1510. The Morgan fingerprint density at radius 2 is 2.02 bits per heavy atom. The lowest BCUT2D eigenvalue weighted by Gasteiger charge is -2.40. The second-order valence-electron chi connectivity index (χ2n) is 9.56. The van der Waals surface area contributed by atoms with Crippen molar-refractivity contribution < 1.29 is 42.0 Å². The standard InChI is InChI=1S/C30H29F3N4O6S/c1-20(44-24-15-41-28(42-16-24)5-3-2-4-22-7-6-21(14-34)12-26(22)32)30(17-37-19-35-18-36-37,43-29(39)40-11-10-38)25-9-8-23(31)13-27(25)33/h2-9,12-13,18-20,24,28,38H,10-11,15-17H2,1H3/b4-2+,5-3+/t20-,24-,28-,30-/m1/s1. The number of carbonyl (C=O) groups excluding carboxylic acids is 1. The number of allylic oxidation sites excluding steroid dienone is 2. The van der Waals surface area contributed by atoms with E-state index in [4.69, 9.17) is 29.3 Å². The van der Waals surface area contributed by atoms with E-state index >= 15 is 4.39 Å². The number of hydrogen-bond donors (Lipinski definition) is 1. The third-order valence-electron chi connectivity index (χ3n) is 6.56. The van der Waals surface area contributed by atoms with Gasteiger partial charge in [-0.25, -0.2) is 27.6 Å². The number of aromatic nitrogens is 3. The predicted molar refractivity (Wildman–Crippen MR) is 153 cm³/mol. The SMILES string of the molecule is C[C@@H](S[C@H]1CO[C@H](/C=C/C=C/c2ccc(C#N)cc2F)OC1)[C@@](Cn1cncn1)(OC(=O)OCCO)c1ccc(F)cc1F. The summed E-state index contributed by atoms with van der Waals surface area (Å²) in [5.41, 5.74) is -1.32. The van der Waals surface area contributed by atoms with Gasteiger partial charge in [0.1, 0.15) is 36.7 Å².